The van der Waals surface area contributed by atoms with Crippen LogP contribution >= 0.6 is 11.3 Å². The van der Waals surface area contributed by atoms with Gasteiger partial charge < -0.3 is 4.74 Å². The van der Waals surface area contributed by atoms with E-state index in [0.717, 1.165) is 16.9 Å². The van der Waals surface area contributed by atoms with Crippen molar-refractivity contribution in [2.45, 2.75) is 13.3 Å². The van der Waals surface area contributed by atoms with Crippen LogP contribution in [0.1, 0.15) is 22.2 Å². The molecule has 2 heterocycles. The third-order valence-electron chi connectivity index (χ3n) is 2.95. The molecule has 0 aliphatic carbocycles. The molecule has 0 saturated heterocycles. The van der Waals surface area contributed by atoms with E-state index in [1.807, 2.05) is 36.4 Å². The number of esters is 1. The van der Waals surface area contributed by atoms with E-state index in [1.54, 1.807) is 17.4 Å². The maximum Gasteiger partial charge on any atom is 0.363 e. The summed E-state index contributed by atoms with van der Waals surface area (Å²) in [6.45, 7) is 2.11. The van der Waals surface area contributed by atoms with Crippen LogP contribution in [0, 0.1) is 0 Å². The van der Waals surface area contributed by atoms with Gasteiger partial charge in [0.2, 0.25) is 5.90 Å². The van der Waals surface area contributed by atoms with Gasteiger partial charge in [-0.3, -0.25) is 0 Å². The van der Waals surface area contributed by atoms with E-state index in [-0.39, 0.29) is 0 Å². The van der Waals surface area contributed by atoms with Crippen LogP contribution in [0.3, 0.4) is 0 Å². The molecule has 100 valence electrons. The van der Waals surface area contributed by atoms with Crippen LogP contribution in [-0.2, 0) is 16.0 Å². The van der Waals surface area contributed by atoms with E-state index in [4.69, 9.17) is 4.74 Å². The fourth-order valence-corrected chi connectivity index (χ4v) is 2.80. The lowest BCUT2D eigenvalue weighted by Gasteiger charge is -1.97. The summed E-state index contributed by atoms with van der Waals surface area (Å²) in [6.07, 6.45) is 2.78. The van der Waals surface area contributed by atoms with Crippen LogP contribution in [-0.4, -0.2) is 11.9 Å². The number of aliphatic imine (C=N–C) groups is 1. The van der Waals surface area contributed by atoms with Gasteiger partial charge in [-0.05, 0) is 36.8 Å². The number of nitrogens with zero attached hydrogens (tertiary/aromatic N) is 1. The summed E-state index contributed by atoms with van der Waals surface area (Å²) in [7, 11) is 0. The van der Waals surface area contributed by atoms with Crippen molar-refractivity contribution >= 4 is 29.3 Å². The molecular weight excluding hydrogens is 270 g/mol. The first-order valence-corrected chi connectivity index (χ1v) is 7.24. The lowest BCUT2D eigenvalue weighted by Crippen LogP contribution is -2.04. The fraction of sp³-hybridized carbons (Fsp3) is 0.125. The summed E-state index contributed by atoms with van der Waals surface area (Å²) >= 11 is 1.67. The van der Waals surface area contributed by atoms with E-state index >= 15 is 0 Å². The molecule has 0 fully saturated rings. The second-order valence-corrected chi connectivity index (χ2v) is 5.56. The zero-order chi connectivity index (χ0) is 13.9. The van der Waals surface area contributed by atoms with Crippen molar-refractivity contribution in [1.82, 2.24) is 0 Å². The molecule has 3 rings (SSSR count). The third-order valence-corrected chi connectivity index (χ3v) is 4.13. The number of cyclic esters (lactones) is 1. The normalized spacial score (nSPS) is 16.4. The Morgan fingerprint density at radius 3 is 2.70 bits per heavy atom. The highest BCUT2D eigenvalue weighted by Crippen LogP contribution is 2.23. The standard InChI is InChI=1S/C16H13NO2S/c1-2-12-8-9-13(20-12)10-14-16(18)19-15(17-14)11-6-4-3-5-7-11/h3-10H,2H2,1H3. The van der Waals surface area contributed by atoms with Crippen molar-refractivity contribution in [3.05, 3.63) is 63.5 Å². The highest BCUT2D eigenvalue weighted by Gasteiger charge is 2.24. The van der Waals surface area contributed by atoms with E-state index in [9.17, 15) is 4.79 Å². The fourth-order valence-electron chi connectivity index (χ4n) is 1.91. The Morgan fingerprint density at radius 1 is 1.20 bits per heavy atom. The summed E-state index contributed by atoms with van der Waals surface area (Å²) in [6, 6.07) is 13.5. The van der Waals surface area contributed by atoms with Crippen molar-refractivity contribution in [3.8, 4) is 0 Å². The van der Waals surface area contributed by atoms with Crippen LogP contribution in [0.2, 0.25) is 0 Å². The van der Waals surface area contributed by atoms with Gasteiger partial charge in [0.05, 0.1) is 0 Å². The average molecular weight is 283 g/mol. The van der Waals surface area contributed by atoms with Gasteiger partial charge in [-0.15, -0.1) is 11.3 Å². The minimum absolute atomic E-state index is 0.355. The SMILES string of the molecule is CCc1ccc(C=C2N=C(c3ccccc3)OC2=O)s1. The molecule has 0 spiro atoms. The van der Waals surface area contributed by atoms with E-state index in [2.05, 4.69) is 18.0 Å². The molecule has 1 aliphatic rings. The van der Waals surface area contributed by atoms with E-state index in [0.29, 0.717) is 11.6 Å². The van der Waals surface area contributed by atoms with Crippen molar-refractivity contribution < 1.29 is 9.53 Å². The zero-order valence-corrected chi connectivity index (χ0v) is 11.8. The Kier molecular flexibility index (Phi) is 3.48. The lowest BCUT2D eigenvalue weighted by atomic mass is 10.2. The lowest BCUT2D eigenvalue weighted by molar-refractivity contribution is -0.129. The predicted octanol–water partition coefficient (Wildman–Crippen LogP) is 3.66. The van der Waals surface area contributed by atoms with Crippen LogP contribution in [0.5, 0.6) is 0 Å². The molecule has 1 aliphatic heterocycles. The van der Waals surface area contributed by atoms with Crippen molar-refractivity contribution in [2.24, 2.45) is 4.99 Å². The zero-order valence-electron chi connectivity index (χ0n) is 11.0. The van der Waals surface area contributed by atoms with Gasteiger partial charge in [0.15, 0.2) is 5.70 Å². The highest BCUT2D eigenvalue weighted by atomic mass is 32.1. The Hall–Kier alpha value is -2.20. The summed E-state index contributed by atoms with van der Waals surface area (Å²) in [5, 5.41) is 0. The average Bonchev–Trinajstić information content (AvgIpc) is 3.08. The number of carbonyl (C=O) groups is 1. The van der Waals surface area contributed by atoms with Gasteiger partial charge in [-0.1, -0.05) is 25.1 Å². The largest absolute Gasteiger partial charge is 0.402 e. The summed E-state index contributed by atoms with van der Waals surface area (Å²) in [5.41, 5.74) is 1.16. The molecule has 0 N–H and O–H groups in total. The molecule has 3 nitrogen and oxygen atoms in total. The number of rotatable bonds is 3. The van der Waals surface area contributed by atoms with Gasteiger partial charge in [0.25, 0.3) is 0 Å². The first-order valence-electron chi connectivity index (χ1n) is 6.43. The number of ether oxygens (including phenoxy) is 1. The van der Waals surface area contributed by atoms with Gasteiger partial charge in [-0.2, -0.15) is 0 Å². The number of carbonyl (C=O) groups excluding carboxylic acids is 1. The minimum Gasteiger partial charge on any atom is -0.402 e. The third kappa shape index (κ3) is 2.56. The Labute approximate surface area is 121 Å². The Morgan fingerprint density at radius 2 is 2.00 bits per heavy atom. The molecule has 2 aromatic rings. The summed E-state index contributed by atoms with van der Waals surface area (Å²) < 4.78 is 5.21. The smallest absolute Gasteiger partial charge is 0.363 e. The number of thiophene rings is 1. The first-order chi connectivity index (χ1) is 9.76. The molecule has 0 unspecified atom stereocenters. The predicted molar refractivity (Wildman–Crippen MR) is 80.7 cm³/mol. The quantitative estimate of drug-likeness (QED) is 0.637. The molecule has 0 atom stereocenters. The second kappa shape index (κ2) is 5.43. The molecular formula is C16H13NO2S. The number of hydrogen-bond donors (Lipinski definition) is 0. The van der Waals surface area contributed by atoms with Crippen LogP contribution in [0.25, 0.3) is 6.08 Å². The minimum atomic E-state index is -0.393. The first kappa shape index (κ1) is 12.8. The molecule has 0 bridgehead atoms. The number of hydrogen-bond acceptors (Lipinski definition) is 4. The topological polar surface area (TPSA) is 38.7 Å². The van der Waals surface area contributed by atoms with Gasteiger partial charge in [-0.25, -0.2) is 9.79 Å². The van der Waals surface area contributed by atoms with Crippen LogP contribution in [0.15, 0.2) is 53.2 Å². The van der Waals surface area contributed by atoms with E-state index < -0.39 is 5.97 Å². The second-order valence-electron chi connectivity index (χ2n) is 4.36. The highest BCUT2D eigenvalue weighted by molar-refractivity contribution is 7.12. The monoisotopic (exact) mass is 283 g/mol. The molecule has 0 radical (unpaired) electrons. The molecule has 1 aromatic heterocycles. The van der Waals surface area contributed by atoms with Crippen LogP contribution in [0.4, 0.5) is 0 Å². The molecule has 0 amide bonds. The number of benzene rings is 1. The molecule has 20 heavy (non-hydrogen) atoms. The maximum atomic E-state index is 11.8. The van der Waals surface area contributed by atoms with Gasteiger partial charge >= 0.3 is 5.97 Å². The van der Waals surface area contributed by atoms with Crippen molar-refractivity contribution in [2.75, 3.05) is 0 Å². The Balaban J connectivity index is 1.90. The van der Waals surface area contributed by atoms with Crippen molar-refractivity contribution in [3.63, 3.8) is 0 Å². The van der Waals surface area contributed by atoms with Gasteiger partial charge in [0.1, 0.15) is 0 Å². The van der Waals surface area contributed by atoms with Gasteiger partial charge in [0, 0.05) is 15.3 Å². The van der Waals surface area contributed by atoms with Crippen LogP contribution < -0.4 is 0 Å². The molecule has 0 saturated carbocycles. The summed E-state index contributed by atoms with van der Waals surface area (Å²) in [5.74, 6) is -0.0237. The summed E-state index contributed by atoms with van der Waals surface area (Å²) in [4.78, 5) is 18.4. The molecule has 1 aromatic carbocycles. The van der Waals surface area contributed by atoms with E-state index in [1.165, 1.54) is 4.88 Å². The number of aryl methyl sites for hydroxylation is 1. The van der Waals surface area contributed by atoms with Crippen molar-refractivity contribution in [1.29, 1.82) is 0 Å². The molecule has 4 heteroatoms. The Bertz CT molecular complexity index is 698. The maximum absolute atomic E-state index is 11.8.